The molecule has 1 atom stereocenters. The van der Waals surface area contributed by atoms with Crippen LogP contribution in [0, 0.1) is 13.8 Å². The first kappa shape index (κ1) is 27.2. The highest BCUT2D eigenvalue weighted by atomic mass is 79.9. The van der Waals surface area contributed by atoms with E-state index < -0.39 is 22.0 Å². The topological polar surface area (TPSA) is 86.8 Å². The molecule has 1 fully saturated rings. The largest absolute Gasteiger partial charge is 0.352 e. The van der Waals surface area contributed by atoms with Crippen molar-refractivity contribution in [2.24, 2.45) is 0 Å². The number of sulfonamides is 1. The predicted octanol–water partition coefficient (Wildman–Crippen LogP) is 4.31. The van der Waals surface area contributed by atoms with Gasteiger partial charge in [-0.05, 0) is 62.4 Å². The molecule has 2 aromatic carbocycles. The summed E-state index contributed by atoms with van der Waals surface area (Å²) in [5, 5.41) is 3.07. The Morgan fingerprint density at radius 2 is 1.63 bits per heavy atom. The summed E-state index contributed by atoms with van der Waals surface area (Å²) in [6.07, 6.45) is 5.14. The molecule has 190 valence electrons. The zero-order chi connectivity index (χ0) is 25.8. The van der Waals surface area contributed by atoms with Gasteiger partial charge in [0, 0.05) is 17.1 Å². The third-order valence-electron chi connectivity index (χ3n) is 6.50. The first-order valence-electron chi connectivity index (χ1n) is 11.9. The number of rotatable bonds is 9. The lowest BCUT2D eigenvalue weighted by Gasteiger charge is -2.33. The fourth-order valence-electron chi connectivity index (χ4n) is 4.54. The van der Waals surface area contributed by atoms with E-state index in [0.29, 0.717) is 5.69 Å². The monoisotopic (exact) mass is 563 g/mol. The first-order chi connectivity index (χ1) is 16.5. The molecule has 35 heavy (non-hydrogen) atoms. The number of aryl methyl sites for hydroxylation is 2. The second-order valence-electron chi connectivity index (χ2n) is 9.32. The van der Waals surface area contributed by atoms with Crippen LogP contribution >= 0.6 is 15.9 Å². The summed E-state index contributed by atoms with van der Waals surface area (Å²) in [7, 11) is -3.76. The Kier molecular flexibility index (Phi) is 8.99. The molecule has 2 amide bonds. The Morgan fingerprint density at radius 3 is 2.17 bits per heavy atom. The highest BCUT2D eigenvalue weighted by molar-refractivity contribution is 9.10. The van der Waals surface area contributed by atoms with E-state index in [0.717, 1.165) is 57.4 Å². The summed E-state index contributed by atoms with van der Waals surface area (Å²) in [6.45, 7) is 5.15. The number of amides is 2. The number of benzene rings is 2. The molecule has 1 aliphatic carbocycles. The molecule has 7 nitrogen and oxygen atoms in total. The zero-order valence-corrected chi connectivity index (χ0v) is 23.2. The molecule has 0 radical (unpaired) electrons. The van der Waals surface area contributed by atoms with Gasteiger partial charge in [-0.3, -0.25) is 13.9 Å². The van der Waals surface area contributed by atoms with Crippen molar-refractivity contribution >= 4 is 43.5 Å². The van der Waals surface area contributed by atoms with Crippen LogP contribution in [0.3, 0.4) is 0 Å². The van der Waals surface area contributed by atoms with Gasteiger partial charge < -0.3 is 10.2 Å². The summed E-state index contributed by atoms with van der Waals surface area (Å²) in [6, 6.07) is 12.4. The zero-order valence-electron chi connectivity index (χ0n) is 20.8. The highest BCUT2D eigenvalue weighted by Crippen LogP contribution is 2.27. The predicted molar refractivity (Wildman–Crippen MR) is 143 cm³/mol. The second kappa shape index (κ2) is 11.6. The first-order valence-corrected chi connectivity index (χ1v) is 14.5. The number of nitrogens with one attached hydrogen (secondary N) is 1. The maximum atomic E-state index is 13.7. The van der Waals surface area contributed by atoms with Crippen molar-refractivity contribution in [2.75, 3.05) is 17.1 Å². The molecule has 3 rings (SSSR count). The third-order valence-corrected chi connectivity index (χ3v) is 8.14. The van der Waals surface area contributed by atoms with Crippen LogP contribution in [0.5, 0.6) is 0 Å². The Balaban J connectivity index is 1.91. The van der Waals surface area contributed by atoms with Crippen molar-refractivity contribution in [1.82, 2.24) is 10.2 Å². The van der Waals surface area contributed by atoms with Crippen molar-refractivity contribution in [3.8, 4) is 0 Å². The molecule has 0 spiro atoms. The standard InChI is InChI=1S/C26H34BrN3O4S/c1-18-8-7-9-19(2)25(18)30(35(4,33)34)17-24(31)29(16-21-12-14-22(27)15-13-21)20(3)26(32)28-23-10-5-6-11-23/h7-9,12-15,20,23H,5-6,10-11,16-17H2,1-4H3,(H,28,32)/t20-/m0/s1. The van der Waals surface area contributed by atoms with Crippen LogP contribution in [0.15, 0.2) is 46.9 Å². The van der Waals surface area contributed by atoms with E-state index in [-0.39, 0.29) is 25.0 Å². The molecule has 1 aliphatic rings. The van der Waals surface area contributed by atoms with Crippen molar-refractivity contribution < 1.29 is 18.0 Å². The van der Waals surface area contributed by atoms with Gasteiger partial charge in [0.25, 0.3) is 0 Å². The Labute approximate surface area is 217 Å². The van der Waals surface area contributed by atoms with Crippen molar-refractivity contribution in [2.45, 2.75) is 65.1 Å². The smallest absolute Gasteiger partial charge is 0.244 e. The van der Waals surface area contributed by atoms with Crippen LogP contribution < -0.4 is 9.62 Å². The van der Waals surface area contributed by atoms with E-state index in [2.05, 4.69) is 21.2 Å². The lowest BCUT2D eigenvalue weighted by atomic mass is 10.1. The number of hydrogen-bond acceptors (Lipinski definition) is 4. The van der Waals surface area contributed by atoms with Crippen molar-refractivity contribution in [3.63, 3.8) is 0 Å². The van der Waals surface area contributed by atoms with Gasteiger partial charge in [0.1, 0.15) is 12.6 Å². The molecule has 1 saturated carbocycles. The second-order valence-corrected chi connectivity index (χ2v) is 12.1. The average Bonchev–Trinajstić information content (AvgIpc) is 3.29. The third kappa shape index (κ3) is 7.07. The van der Waals surface area contributed by atoms with Gasteiger partial charge >= 0.3 is 0 Å². The maximum Gasteiger partial charge on any atom is 0.244 e. The van der Waals surface area contributed by atoms with E-state index >= 15 is 0 Å². The van der Waals surface area contributed by atoms with E-state index in [1.54, 1.807) is 6.92 Å². The SMILES string of the molecule is Cc1cccc(C)c1N(CC(=O)N(Cc1ccc(Br)cc1)[C@@H](C)C(=O)NC1CCCC1)S(C)(=O)=O. The fourth-order valence-corrected chi connectivity index (χ4v) is 5.76. The number of hydrogen-bond donors (Lipinski definition) is 1. The van der Waals surface area contributed by atoms with Gasteiger partial charge in [0.15, 0.2) is 0 Å². The van der Waals surface area contributed by atoms with E-state index in [1.807, 2.05) is 56.3 Å². The molecular formula is C26H34BrN3O4S. The number of carbonyl (C=O) groups excluding carboxylic acids is 2. The quantitative estimate of drug-likeness (QED) is 0.492. The van der Waals surface area contributed by atoms with Gasteiger partial charge in [-0.15, -0.1) is 0 Å². The molecule has 0 aromatic heterocycles. The molecule has 0 bridgehead atoms. The summed E-state index contributed by atoms with van der Waals surface area (Å²) < 4.78 is 27.6. The Hall–Kier alpha value is -2.39. The summed E-state index contributed by atoms with van der Waals surface area (Å²) in [4.78, 5) is 28.3. The average molecular weight is 565 g/mol. The van der Waals surface area contributed by atoms with Gasteiger partial charge in [0.2, 0.25) is 21.8 Å². The number of halogens is 1. The molecule has 0 saturated heterocycles. The van der Waals surface area contributed by atoms with Crippen LogP contribution in [0.25, 0.3) is 0 Å². The van der Waals surface area contributed by atoms with E-state index in [1.165, 1.54) is 4.90 Å². The van der Waals surface area contributed by atoms with Crippen LogP contribution in [-0.4, -0.2) is 50.0 Å². The number of para-hydroxylation sites is 1. The van der Waals surface area contributed by atoms with Crippen LogP contribution in [0.2, 0.25) is 0 Å². The fraction of sp³-hybridized carbons (Fsp3) is 0.462. The van der Waals surface area contributed by atoms with E-state index in [9.17, 15) is 18.0 Å². The van der Waals surface area contributed by atoms with Gasteiger partial charge in [-0.1, -0.05) is 59.1 Å². The molecule has 2 aromatic rings. The minimum Gasteiger partial charge on any atom is -0.352 e. The van der Waals surface area contributed by atoms with Crippen LogP contribution in [-0.2, 0) is 26.2 Å². The number of carbonyl (C=O) groups is 2. The Bertz CT molecular complexity index is 1140. The molecule has 9 heteroatoms. The van der Waals surface area contributed by atoms with Crippen molar-refractivity contribution in [1.29, 1.82) is 0 Å². The maximum absolute atomic E-state index is 13.7. The molecule has 0 aliphatic heterocycles. The molecule has 1 N–H and O–H groups in total. The minimum absolute atomic E-state index is 0.122. The van der Waals surface area contributed by atoms with Gasteiger partial charge in [-0.25, -0.2) is 8.42 Å². The number of anilines is 1. The molecule has 0 unspecified atom stereocenters. The summed E-state index contributed by atoms with van der Waals surface area (Å²) in [5.74, 6) is -0.657. The van der Waals surface area contributed by atoms with Gasteiger partial charge in [-0.2, -0.15) is 0 Å². The van der Waals surface area contributed by atoms with Crippen LogP contribution in [0.4, 0.5) is 5.69 Å². The van der Waals surface area contributed by atoms with Crippen LogP contribution in [0.1, 0.15) is 49.3 Å². The van der Waals surface area contributed by atoms with E-state index in [4.69, 9.17) is 0 Å². The molecule has 0 heterocycles. The van der Waals surface area contributed by atoms with Crippen molar-refractivity contribution in [3.05, 3.63) is 63.6 Å². The minimum atomic E-state index is -3.76. The van der Waals surface area contributed by atoms with Gasteiger partial charge in [0.05, 0.1) is 11.9 Å². The summed E-state index contributed by atoms with van der Waals surface area (Å²) >= 11 is 3.42. The lowest BCUT2D eigenvalue weighted by molar-refractivity contribution is -0.139. The normalized spacial score (nSPS) is 15.0. The lowest BCUT2D eigenvalue weighted by Crippen LogP contribution is -2.52. The highest BCUT2D eigenvalue weighted by Gasteiger charge is 2.32. The Morgan fingerprint density at radius 1 is 1.06 bits per heavy atom. The molecular weight excluding hydrogens is 530 g/mol. The number of nitrogens with zero attached hydrogens (tertiary/aromatic N) is 2. The summed E-state index contributed by atoms with van der Waals surface area (Å²) in [5.41, 5.74) is 2.86.